The summed E-state index contributed by atoms with van der Waals surface area (Å²) in [5, 5.41) is 2.70. The molecule has 31 heavy (non-hydrogen) atoms. The molecule has 0 radical (unpaired) electrons. The van der Waals surface area contributed by atoms with Gasteiger partial charge in [-0.15, -0.1) is 0 Å². The average molecular weight is 470 g/mol. The van der Waals surface area contributed by atoms with Gasteiger partial charge in [0.15, 0.2) is 6.10 Å². The van der Waals surface area contributed by atoms with Crippen molar-refractivity contribution in [3.63, 3.8) is 0 Å². The number of amides is 1. The van der Waals surface area contributed by atoms with Crippen LogP contribution < -0.4 is 20.5 Å². The second-order valence-corrected chi connectivity index (χ2v) is 9.03. The van der Waals surface area contributed by atoms with E-state index in [1.165, 1.54) is 50.4 Å². The SMILES string of the molecule is COc1cc(N)c(Cl)cc1C(=O)OC(C)C(=O)Nc1ccc(S(=O)(=O)NC(C)C)cc1. The zero-order valence-corrected chi connectivity index (χ0v) is 19.0. The van der Waals surface area contributed by atoms with Gasteiger partial charge in [-0.2, -0.15) is 0 Å². The average Bonchev–Trinajstić information content (AvgIpc) is 2.68. The predicted octanol–water partition coefficient (Wildman–Crippen LogP) is 2.80. The lowest BCUT2D eigenvalue weighted by Crippen LogP contribution is -2.31. The molecule has 0 spiro atoms. The number of anilines is 2. The van der Waals surface area contributed by atoms with Gasteiger partial charge in [0.1, 0.15) is 11.3 Å². The van der Waals surface area contributed by atoms with Crippen LogP contribution in [0.3, 0.4) is 0 Å². The number of nitrogens with two attached hydrogens (primary N) is 1. The molecular weight excluding hydrogens is 446 g/mol. The van der Waals surface area contributed by atoms with E-state index in [0.717, 1.165) is 0 Å². The van der Waals surface area contributed by atoms with E-state index in [1.807, 2.05) is 0 Å². The highest BCUT2D eigenvalue weighted by Gasteiger charge is 2.23. The molecule has 0 saturated heterocycles. The number of esters is 1. The topological polar surface area (TPSA) is 137 Å². The lowest BCUT2D eigenvalue weighted by atomic mass is 10.2. The summed E-state index contributed by atoms with van der Waals surface area (Å²) >= 11 is 5.95. The molecule has 2 rings (SSSR count). The summed E-state index contributed by atoms with van der Waals surface area (Å²) < 4.78 is 37.1. The molecule has 0 fully saturated rings. The van der Waals surface area contributed by atoms with Crippen molar-refractivity contribution in [1.82, 2.24) is 4.72 Å². The molecule has 0 saturated carbocycles. The molecule has 0 aliphatic heterocycles. The number of halogens is 1. The minimum absolute atomic E-state index is 0.0218. The smallest absolute Gasteiger partial charge is 0.342 e. The van der Waals surface area contributed by atoms with E-state index in [-0.39, 0.29) is 33.0 Å². The molecule has 2 aromatic rings. The lowest BCUT2D eigenvalue weighted by Gasteiger charge is -2.16. The number of carbonyl (C=O) groups excluding carboxylic acids is 2. The van der Waals surface area contributed by atoms with E-state index in [2.05, 4.69) is 10.0 Å². The third-order valence-electron chi connectivity index (χ3n) is 4.01. The minimum atomic E-state index is -3.64. The third-order valence-corrected chi connectivity index (χ3v) is 6.02. The molecule has 0 aliphatic rings. The fraction of sp³-hybridized carbons (Fsp3) is 0.300. The molecule has 0 bridgehead atoms. The summed E-state index contributed by atoms with van der Waals surface area (Å²) in [5.74, 6) is -1.27. The molecule has 2 aromatic carbocycles. The first kappa shape index (κ1) is 24.4. The largest absolute Gasteiger partial charge is 0.496 e. The van der Waals surface area contributed by atoms with Gasteiger partial charge >= 0.3 is 5.97 Å². The first-order valence-electron chi connectivity index (χ1n) is 9.22. The molecule has 1 unspecified atom stereocenters. The molecule has 0 aromatic heterocycles. The first-order chi connectivity index (χ1) is 14.4. The molecule has 1 atom stereocenters. The Morgan fingerprint density at radius 3 is 2.26 bits per heavy atom. The summed E-state index contributed by atoms with van der Waals surface area (Å²) in [6.07, 6.45) is -1.15. The van der Waals surface area contributed by atoms with Crippen LogP contribution in [0.4, 0.5) is 11.4 Å². The van der Waals surface area contributed by atoms with E-state index in [9.17, 15) is 18.0 Å². The summed E-state index contributed by atoms with van der Waals surface area (Å²) in [4.78, 5) is 24.9. The van der Waals surface area contributed by atoms with Crippen LogP contribution in [0.2, 0.25) is 5.02 Å². The summed E-state index contributed by atoms with van der Waals surface area (Å²) in [6, 6.07) is 8.01. The van der Waals surface area contributed by atoms with Gasteiger partial charge < -0.3 is 20.5 Å². The third kappa shape index (κ3) is 6.33. The highest BCUT2D eigenvalue weighted by Crippen LogP contribution is 2.29. The highest BCUT2D eigenvalue weighted by atomic mass is 35.5. The van der Waals surface area contributed by atoms with Crippen LogP contribution in [0, 0.1) is 0 Å². The van der Waals surface area contributed by atoms with Crippen LogP contribution in [0.5, 0.6) is 5.75 Å². The maximum Gasteiger partial charge on any atom is 0.342 e. The van der Waals surface area contributed by atoms with E-state index in [4.69, 9.17) is 26.8 Å². The molecule has 168 valence electrons. The Bertz CT molecular complexity index is 1070. The van der Waals surface area contributed by atoms with Gasteiger partial charge in [0, 0.05) is 17.8 Å². The number of nitrogen functional groups attached to an aromatic ring is 1. The fourth-order valence-electron chi connectivity index (χ4n) is 2.51. The second kappa shape index (κ2) is 9.99. The minimum Gasteiger partial charge on any atom is -0.496 e. The highest BCUT2D eigenvalue weighted by molar-refractivity contribution is 7.89. The molecular formula is C20H24ClN3O6S. The Labute approximate surface area is 185 Å². The summed E-state index contributed by atoms with van der Waals surface area (Å²) in [7, 11) is -2.29. The van der Waals surface area contributed by atoms with Crippen molar-refractivity contribution in [2.75, 3.05) is 18.2 Å². The number of sulfonamides is 1. The van der Waals surface area contributed by atoms with Crippen molar-refractivity contribution in [3.8, 4) is 5.75 Å². The Hall–Kier alpha value is -2.82. The molecule has 0 aliphatic carbocycles. The quantitative estimate of drug-likeness (QED) is 0.399. The lowest BCUT2D eigenvalue weighted by molar-refractivity contribution is -0.123. The molecule has 1 amide bonds. The van der Waals surface area contributed by atoms with E-state index < -0.39 is 28.0 Å². The van der Waals surface area contributed by atoms with Gasteiger partial charge in [-0.3, -0.25) is 4.79 Å². The Morgan fingerprint density at radius 1 is 1.10 bits per heavy atom. The van der Waals surface area contributed by atoms with Crippen molar-refractivity contribution in [2.24, 2.45) is 0 Å². The first-order valence-corrected chi connectivity index (χ1v) is 11.1. The maximum atomic E-state index is 12.4. The summed E-state index contributed by atoms with van der Waals surface area (Å²) in [6.45, 7) is 4.81. The Balaban J connectivity index is 2.06. The number of carbonyl (C=O) groups is 2. The maximum absolute atomic E-state index is 12.4. The van der Waals surface area contributed by atoms with E-state index >= 15 is 0 Å². The van der Waals surface area contributed by atoms with E-state index in [0.29, 0.717) is 5.69 Å². The van der Waals surface area contributed by atoms with Crippen molar-refractivity contribution >= 4 is 44.9 Å². The van der Waals surface area contributed by atoms with Gasteiger partial charge in [-0.05, 0) is 51.1 Å². The van der Waals surface area contributed by atoms with Crippen molar-refractivity contribution in [1.29, 1.82) is 0 Å². The zero-order valence-electron chi connectivity index (χ0n) is 17.4. The van der Waals surface area contributed by atoms with Crippen LogP contribution in [0.1, 0.15) is 31.1 Å². The zero-order chi connectivity index (χ0) is 23.3. The van der Waals surface area contributed by atoms with Gasteiger partial charge in [0.05, 0.1) is 22.7 Å². The van der Waals surface area contributed by atoms with Crippen LogP contribution in [0.25, 0.3) is 0 Å². The predicted molar refractivity (Wildman–Crippen MR) is 118 cm³/mol. The molecule has 11 heteroatoms. The van der Waals surface area contributed by atoms with Crippen molar-refractivity contribution < 1.29 is 27.5 Å². The van der Waals surface area contributed by atoms with Crippen molar-refractivity contribution in [3.05, 3.63) is 47.0 Å². The number of hydrogen-bond donors (Lipinski definition) is 3. The van der Waals surface area contributed by atoms with Crippen LogP contribution in [0.15, 0.2) is 41.3 Å². The fourth-order valence-corrected chi connectivity index (χ4v) is 3.93. The van der Waals surface area contributed by atoms with Crippen LogP contribution >= 0.6 is 11.6 Å². The number of benzene rings is 2. The number of hydrogen-bond acceptors (Lipinski definition) is 7. The molecule has 4 N–H and O–H groups in total. The number of methoxy groups -OCH3 is 1. The molecule has 9 nitrogen and oxygen atoms in total. The number of rotatable bonds is 8. The van der Waals surface area contributed by atoms with E-state index in [1.54, 1.807) is 13.8 Å². The Kier molecular flexibility index (Phi) is 7.88. The van der Waals surface area contributed by atoms with Gasteiger partial charge in [-0.25, -0.2) is 17.9 Å². The second-order valence-electron chi connectivity index (χ2n) is 6.91. The monoisotopic (exact) mass is 469 g/mol. The van der Waals surface area contributed by atoms with Crippen molar-refractivity contribution in [2.45, 2.75) is 37.8 Å². The van der Waals surface area contributed by atoms with Gasteiger partial charge in [0.25, 0.3) is 5.91 Å². The van der Waals surface area contributed by atoms with Gasteiger partial charge in [-0.1, -0.05) is 11.6 Å². The summed E-state index contributed by atoms with van der Waals surface area (Å²) in [5.41, 5.74) is 6.28. The number of nitrogens with one attached hydrogen (secondary N) is 2. The van der Waals surface area contributed by atoms with Crippen LogP contribution in [-0.2, 0) is 19.6 Å². The number of ether oxygens (including phenoxy) is 2. The molecule has 0 heterocycles. The standard InChI is InChI=1S/C20H24ClN3O6S/c1-11(2)24-31(27,28)14-7-5-13(6-8-14)23-19(25)12(3)30-20(26)15-9-16(21)17(22)10-18(15)29-4/h5-12,24H,22H2,1-4H3,(H,23,25). The Morgan fingerprint density at radius 2 is 1.71 bits per heavy atom. The normalized spacial score (nSPS) is 12.3. The van der Waals surface area contributed by atoms with Gasteiger partial charge in [0.2, 0.25) is 10.0 Å². The van der Waals surface area contributed by atoms with Crippen LogP contribution in [-0.4, -0.2) is 39.5 Å².